The third-order valence-corrected chi connectivity index (χ3v) is 3.83. The van der Waals surface area contributed by atoms with Crippen molar-refractivity contribution in [1.29, 1.82) is 0 Å². The number of nitrogens with one attached hydrogen (secondary N) is 2. The fraction of sp³-hybridized carbons (Fsp3) is 0.0455. The maximum absolute atomic E-state index is 12.9. The number of rotatable bonds is 6. The van der Waals surface area contributed by atoms with Crippen LogP contribution in [0.25, 0.3) is 0 Å². The summed E-state index contributed by atoms with van der Waals surface area (Å²) in [5.41, 5.74) is 4.11. The van der Waals surface area contributed by atoms with Gasteiger partial charge in [-0.25, -0.2) is 9.82 Å². The summed E-state index contributed by atoms with van der Waals surface area (Å²) in [5, 5.41) is 6.16. The molecule has 29 heavy (non-hydrogen) atoms. The first-order chi connectivity index (χ1) is 14.1. The Morgan fingerprint density at radius 1 is 0.897 bits per heavy atom. The van der Waals surface area contributed by atoms with Crippen LogP contribution in [0.4, 0.5) is 10.1 Å². The highest BCUT2D eigenvalue weighted by atomic mass is 19.1. The molecule has 3 aromatic carbocycles. The second kappa shape index (κ2) is 9.80. The van der Waals surface area contributed by atoms with Gasteiger partial charge in [0.05, 0.1) is 6.21 Å². The zero-order valence-corrected chi connectivity index (χ0v) is 15.3. The van der Waals surface area contributed by atoms with Crippen LogP contribution in [0.2, 0.25) is 0 Å². The average Bonchev–Trinajstić information content (AvgIpc) is 2.75. The largest absolute Gasteiger partial charge is 0.488 e. The molecule has 2 N–H and O–H groups in total. The zero-order valence-electron chi connectivity index (χ0n) is 15.3. The van der Waals surface area contributed by atoms with E-state index in [0.717, 1.165) is 5.56 Å². The minimum atomic E-state index is -0.951. The van der Waals surface area contributed by atoms with E-state index in [-0.39, 0.29) is 0 Å². The van der Waals surface area contributed by atoms with Crippen LogP contribution in [0.3, 0.4) is 0 Å². The Morgan fingerprint density at radius 2 is 1.59 bits per heavy atom. The van der Waals surface area contributed by atoms with Gasteiger partial charge >= 0.3 is 11.8 Å². The molecule has 3 aromatic rings. The molecule has 0 aromatic heterocycles. The lowest BCUT2D eigenvalue weighted by molar-refractivity contribution is -0.136. The maximum Gasteiger partial charge on any atom is 0.329 e. The van der Waals surface area contributed by atoms with Crippen LogP contribution in [0, 0.1) is 5.82 Å². The summed E-state index contributed by atoms with van der Waals surface area (Å²) in [5.74, 6) is -1.72. The Bertz CT molecular complexity index is 1010. The second-order valence-electron chi connectivity index (χ2n) is 5.97. The minimum absolute atomic E-state index is 0.301. The van der Waals surface area contributed by atoms with Crippen LogP contribution in [-0.4, -0.2) is 18.0 Å². The van der Waals surface area contributed by atoms with E-state index in [9.17, 15) is 14.0 Å². The molecule has 0 spiro atoms. The summed E-state index contributed by atoms with van der Waals surface area (Å²) in [6.07, 6.45) is 1.39. The number of hydrazone groups is 1. The molecule has 0 unspecified atom stereocenters. The van der Waals surface area contributed by atoms with Crippen LogP contribution < -0.4 is 15.5 Å². The number of hydrogen-bond acceptors (Lipinski definition) is 4. The fourth-order valence-corrected chi connectivity index (χ4v) is 2.39. The number of anilines is 1. The molecular weight excluding hydrogens is 373 g/mol. The standard InChI is InChI=1S/C22H18FN3O3/c23-18-10-12-19(13-11-18)25-21(27)22(28)26-24-14-17-8-4-5-9-20(17)29-15-16-6-2-1-3-7-16/h1-14H,15H2,(H,25,27)(H,26,28). The van der Waals surface area contributed by atoms with Gasteiger partial charge in [-0.2, -0.15) is 5.10 Å². The molecule has 0 bridgehead atoms. The van der Waals surface area contributed by atoms with E-state index in [2.05, 4.69) is 15.8 Å². The lowest BCUT2D eigenvalue weighted by atomic mass is 10.2. The number of halogens is 1. The predicted molar refractivity (Wildman–Crippen MR) is 108 cm³/mol. The molecule has 0 aliphatic heterocycles. The highest BCUT2D eigenvalue weighted by Crippen LogP contribution is 2.17. The summed E-state index contributed by atoms with van der Waals surface area (Å²) in [6.45, 7) is 0.387. The van der Waals surface area contributed by atoms with Gasteiger partial charge in [0.15, 0.2) is 0 Å². The van der Waals surface area contributed by atoms with Crippen LogP contribution in [0.15, 0.2) is 84.0 Å². The van der Waals surface area contributed by atoms with Crippen molar-refractivity contribution in [2.24, 2.45) is 5.10 Å². The van der Waals surface area contributed by atoms with Gasteiger partial charge in [-0.15, -0.1) is 0 Å². The number of carbonyl (C=O) groups excluding carboxylic acids is 2. The Morgan fingerprint density at radius 3 is 2.34 bits per heavy atom. The second-order valence-corrected chi connectivity index (χ2v) is 5.97. The normalized spacial score (nSPS) is 10.5. The number of ether oxygens (including phenoxy) is 1. The third-order valence-electron chi connectivity index (χ3n) is 3.83. The molecule has 146 valence electrons. The Labute approximate surface area is 167 Å². The number of amides is 2. The van der Waals surface area contributed by atoms with Gasteiger partial charge in [0.2, 0.25) is 0 Å². The van der Waals surface area contributed by atoms with Crippen molar-refractivity contribution in [2.45, 2.75) is 6.61 Å². The van der Waals surface area contributed by atoms with Gasteiger partial charge in [-0.3, -0.25) is 9.59 Å². The van der Waals surface area contributed by atoms with Crippen molar-refractivity contribution in [3.05, 3.63) is 95.8 Å². The van der Waals surface area contributed by atoms with Crippen molar-refractivity contribution in [1.82, 2.24) is 5.43 Å². The lowest BCUT2D eigenvalue weighted by Gasteiger charge is -2.09. The summed E-state index contributed by atoms with van der Waals surface area (Å²) < 4.78 is 18.7. The summed E-state index contributed by atoms with van der Waals surface area (Å²) in [6, 6.07) is 21.9. The summed E-state index contributed by atoms with van der Waals surface area (Å²) in [7, 11) is 0. The molecule has 6 nitrogen and oxygen atoms in total. The molecule has 3 rings (SSSR count). The molecule has 0 aliphatic carbocycles. The first-order valence-electron chi connectivity index (χ1n) is 8.77. The Kier molecular flexibility index (Phi) is 6.67. The van der Waals surface area contributed by atoms with Crippen molar-refractivity contribution >= 4 is 23.7 Å². The number of para-hydroxylation sites is 1. The van der Waals surface area contributed by atoms with Crippen LogP contribution in [0.5, 0.6) is 5.75 Å². The van der Waals surface area contributed by atoms with Gasteiger partial charge in [0, 0.05) is 11.3 Å². The molecule has 0 heterocycles. The number of benzene rings is 3. The predicted octanol–water partition coefficient (Wildman–Crippen LogP) is 3.49. The quantitative estimate of drug-likeness (QED) is 0.383. The van der Waals surface area contributed by atoms with Crippen molar-refractivity contribution < 1.29 is 18.7 Å². The van der Waals surface area contributed by atoms with Gasteiger partial charge in [0.1, 0.15) is 18.2 Å². The van der Waals surface area contributed by atoms with E-state index in [1.165, 1.54) is 30.5 Å². The zero-order chi connectivity index (χ0) is 20.5. The molecule has 0 atom stereocenters. The summed E-state index contributed by atoms with van der Waals surface area (Å²) in [4.78, 5) is 23.7. The molecule has 0 aliphatic rings. The number of hydrogen-bond donors (Lipinski definition) is 2. The van der Waals surface area contributed by atoms with Gasteiger partial charge < -0.3 is 10.1 Å². The van der Waals surface area contributed by atoms with Crippen LogP contribution in [-0.2, 0) is 16.2 Å². The molecule has 0 saturated carbocycles. The average molecular weight is 391 g/mol. The third kappa shape index (κ3) is 6.00. The van der Waals surface area contributed by atoms with E-state index in [0.29, 0.717) is 23.6 Å². The molecule has 7 heteroatoms. The van der Waals surface area contributed by atoms with E-state index in [1.54, 1.807) is 18.2 Å². The minimum Gasteiger partial charge on any atom is -0.488 e. The monoisotopic (exact) mass is 391 g/mol. The summed E-state index contributed by atoms with van der Waals surface area (Å²) >= 11 is 0. The van der Waals surface area contributed by atoms with Crippen molar-refractivity contribution in [2.75, 3.05) is 5.32 Å². The van der Waals surface area contributed by atoms with Crippen molar-refractivity contribution in [3.8, 4) is 5.75 Å². The van der Waals surface area contributed by atoms with Gasteiger partial charge in [-0.05, 0) is 42.0 Å². The molecular formula is C22H18FN3O3. The van der Waals surface area contributed by atoms with Gasteiger partial charge in [0.25, 0.3) is 0 Å². The Hall–Kier alpha value is -4.00. The van der Waals surface area contributed by atoms with Crippen LogP contribution in [0.1, 0.15) is 11.1 Å². The highest BCUT2D eigenvalue weighted by Gasteiger charge is 2.13. The lowest BCUT2D eigenvalue weighted by Crippen LogP contribution is -2.32. The Balaban J connectivity index is 1.56. The molecule has 0 radical (unpaired) electrons. The molecule has 0 saturated heterocycles. The molecule has 2 amide bonds. The van der Waals surface area contributed by atoms with E-state index in [1.807, 2.05) is 36.4 Å². The number of carbonyl (C=O) groups is 2. The number of nitrogens with zero attached hydrogens (tertiary/aromatic N) is 1. The first-order valence-corrected chi connectivity index (χ1v) is 8.77. The SMILES string of the molecule is O=C(NN=Cc1ccccc1OCc1ccccc1)C(=O)Nc1ccc(F)cc1. The van der Waals surface area contributed by atoms with Crippen molar-refractivity contribution in [3.63, 3.8) is 0 Å². The van der Waals surface area contributed by atoms with Gasteiger partial charge in [-0.1, -0.05) is 42.5 Å². The smallest absolute Gasteiger partial charge is 0.329 e. The fourth-order valence-electron chi connectivity index (χ4n) is 2.39. The first kappa shape index (κ1) is 19.8. The topological polar surface area (TPSA) is 79.8 Å². The van der Waals surface area contributed by atoms with E-state index >= 15 is 0 Å². The van der Waals surface area contributed by atoms with E-state index < -0.39 is 17.6 Å². The van der Waals surface area contributed by atoms with E-state index in [4.69, 9.17) is 4.74 Å². The molecule has 0 fully saturated rings. The van der Waals surface area contributed by atoms with Crippen LogP contribution >= 0.6 is 0 Å². The highest BCUT2D eigenvalue weighted by molar-refractivity contribution is 6.39. The maximum atomic E-state index is 12.9.